The molecule has 2 aromatic carbocycles. The zero-order valence-corrected chi connectivity index (χ0v) is 24.2. The van der Waals surface area contributed by atoms with Crippen molar-refractivity contribution >= 4 is 33.7 Å². The standard InChI is InChI=1S/C29H32BrF4N3O3/c1-17-4-5-20(14-25(17)31)24-16-37(28(40)19-6-9-36(10-7-19)18(2)38)11-8-26(24)35(3)27(39)21-12-22(29(32,33)34)15-23(30)13-21/h4-5,12-15,19,24,26H,6-11,16H2,1-3H3. The molecule has 0 spiro atoms. The summed E-state index contributed by atoms with van der Waals surface area (Å²) in [4.78, 5) is 43.5. The molecule has 0 aromatic heterocycles. The Kier molecular flexibility index (Phi) is 8.92. The average molecular weight is 626 g/mol. The van der Waals surface area contributed by atoms with Crippen molar-refractivity contribution in [3.05, 3.63) is 68.9 Å². The molecule has 2 heterocycles. The maximum absolute atomic E-state index is 14.6. The molecule has 0 bridgehead atoms. The van der Waals surface area contributed by atoms with Crippen LogP contribution < -0.4 is 0 Å². The van der Waals surface area contributed by atoms with Crippen LogP contribution in [0.3, 0.4) is 0 Å². The van der Waals surface area contributed by atoms with Gasteiger partial charge >= 0.3 is 6.18 Å². The van der Waals surface area contributed by atoms with Crippen LogP contribution in [0.5, 0.6) is 0 Å². The molecule has 2 aromatic rings. The first-order valence-corrected chi connectivity index (χ1v) is 14.0. The number of carbonyl (C=O) groups is 3. The van der Waals surface area contributed by atoms with Crippen molar-refractivity contribution in [3.8, 4) is 0 Å². The zero-order valence-electron chi connectivity index (χ0n) is 22.6. The van der Waals surface area contributed by atoms with Crippen molar-refractivity contribution < 1.29 is 31.9 Å². The Morgan fingerprint density at radius 2 is 1.62 bits per heavy atom. The second-order valence-corrected chi connectivity index (χ2v) is 11.6. The van der Waals surface area contributed by atoms with Gasteiger partial charge in [0.1, 0.15) is 5.82 Å². The van der Waals surface area contributed by atoms with E-state index in [9.17, 15) is 31.9 Å². The van der Waals surface area contributed by atoms with E-state index in [4.69, 9.17) is 0 Å². The molecule has 0 saturated carbocycles. The molecule has 2 saturated heterocycles. The van der Waals surface area contributed by atoms with E-state index in [1.807, 2.05) is 0 Å². The van der Waals surface area contributed by atoms with E-state index in [1.165, 1.54) is 31.0 Å². The summed E-state index contributed by atoms with van der Waals surface area (Å²) >= 11 is 3.08. The lowest BCUT2D eigenvalue weighted by molar-refractivity contribution is -0.141. The van der Waals surface area contributed by atoms with E-state index in [1.54, 1.807) is 28.9 Å². The molecular formula is C29H32BrF4N3O3. The summed E-state index contributed by atoms with van der Waals surface area (Å²) in [6.07, 6.45) is -3.12. The maximum atomic E-state index is 14.6. The third-order valence-corrected chi connectivity index (χ3v) is 8.55. The summed E-state index contributed by atoms with van der Waals surface area (Å²) in [5.74, 6) is -1.74. The zero-order chi connectivity index (χ0) is 29.4. The normalized spacial score (nSPS) is 20.4. The summed E-state index contributed by atoms with van der Waals surface area (Å²) in [6.45, 7) is 4.77. The van der Waals surface area contributed by atoms with E-state index < -0.39 is 35.4 Å². The van der Waals surface area contributed by atoms with Gasteiger partial charge in [-0.1, -0.05) is 28.1 Å². The summed E-state index contributed by atoms with van der Waals surface area (Å²) in [6, 6.07) is 7.44. The predicted molar refractivity (Wildman–Crippen MR) is 145 cm³/mol. The third-order valence-electron chi connectivity index (χ3n) is 8.09. The number of halogens is 5. The maximum Gasteiger partial charge on any atom is 0.416 e. The Bertz CT molecular complexity index is 1290. The van der Waals surface area contributed by atoms with Gasteiger partial charge in [-0.25, -0.2) is 4.39 Å². The van der Waals surface area contributed by atoms with Crippen molar-refractivity contribution in [2.45, 2.75) is 51.2 Å². The van der Waals surface area contributed by atoms with Gasteiger partial charge in [0.05, 0.1) is 5.56 Å². The Balaban J connectivity index is 1.59. The minimum atomic E-state index is -4.62. The highest BCUT2D eigenvalue weighted by molar-refractivity contribution is 9.10. The third kappa shape index (κ3) is 6.50. The molecule has 40 heavy (non-hydrogen) atoms. The molecule has 2 fully saturated rings. The summed E-state index contributed by atoms with van der Waals surface area (Å²) in [5, 5.41) is 0. The van der Waals surface area contributed by atoms with Crippen LogP contribution in [0.15, 0.2) is 40.9 Å². The Morgan fingerprint density at radius 1 is 0.975 bits per heavy atom. The average Bonchev–Trinajstić information content (AvgIpc) is 2.92. The molecule has 0 N–H and O–H groups in total. The number of amides is 3. The van der Waals surface area contributed by atoms with E-state index in [0.717, 1.165) is 12.1 Å². The molecule has 6 nitrogen and oxygen atoms in total. The number of alkyl halides is 3. The quantitative estimate of drug-likeness (QED) is 0.414. The number of carbonyl (C=O) groups excluding carboxylic acids is 3. The highest BCUT2D eigenvalue weighted by Crippen LogP contribution is 2.36. The number of likely N-dealkylation sites (N-methyl/N-ethyl adjacent to an activating group) is 1. The number of hydrogen-bond donors (Lipinski definition) is 0. The van der Waals surface area contributed by atoms with Gasteiger partial charge < -0.3 is 14.7 Å². The van der Waals surface area contributed by atoms with Crippen molar-refractivity contribution in [2.24, 2.45) is 5.92 Å². The van der Waals surface area contributed by atoms with Gasteiger partial charge in [0.25, 0.3) is 5.91 Å². The van der Waals surface area contributed by atoms with Crippen LogP contribution >= 0.6 is 15.9 Å². The fourth-order valence-corrected chi connectivity index (χ4v) is 6.19. The molecule has 2 unspecified atom stereocenters. The molecule has 2 aliphatic heterocycles. The lowest BCUT2D eigenvalue weighted by Crippen LogP contribution is -2.53. The smallest absolute Gasteiger partial charge is 0.343 e. The monoisotopic (exact) mass is 625 g/mol. The Morgan fingerprint density at radius 3 is 2.23 bits per heavy atom. The molecule has 2 atom stereocenters. The molecule has 11 heteroatoms. The summed E-state index contributed by atoms with van der Waals surface area (Å²) in [5.41, 5.74) is 0.0159. The number of aryl methyl sites for hydroxylation is 1. The number of benzene rings is 2. The van der Waals surface area contributed by atoms with E-state index in [-0.39, 0.29) is 34.3 Å². The highest BCUT2D eigenvalue weighted by Gasteiger charge is 2.40. The topological polar surface area (TPSA) is 60.9 Å². The molecule has 3 amide bonds. The first-order chi connectivity index (χ1) is 18.8. The van der Waals surface area contributed by atoms with Crippen molar-refractivity contribution in [3.63, 3.8) is 0 Å². The molecule has 2 aliphatic rings. The van der Waals surface area contributed by atoms with Crippen LogP contribution in [-0.2, 0) is 15.8 Å². The van der Waals surface area contributed by atoms with E-state index >= 15 is 0 Å². The second-order valence-electron chi connectivity index (χ2n) is 10.7. The molecule has 4 rings (SSSR count). The van der Waals surface area contributed by atoms with Crippen LogP contribution in [0.1, 0.15) is 59.2 Å². The van der Waals surface area contributed by atoms with Gasteiger partial charge in [-0.2, -0.15) is 13.2 Å². The van der Waals surface area contributed by atoms with Crippen LogP contribution in [0.4, 0.5) is 17.6 Å². The fraction of sp³-hybridized carbons (Fsp3) is 0.483. The largest absolute Gasteiger partial charge is 0.416 e. The first-order valence-electron chi connectivity index (χ1n) is 13.2. The number of rotatable bonds is 4. The molecule has 0 aliphatic carbocycles. The SMILES string of the molecule is CC(=O)N1CCC(C(=O)N2CCC(N(C)C(=O)c3cc(Br)cc(C(F)(F)F)c3)C(c3ccc(C)c(F)c3)C2)CC1. The highest BCUT2D eigenvalue weighted by atomic mass is 79.9. The van der Waals surface area contributed by atoms with Crippen LogP contribution in [0.2, 0.25) is 0 Å². The van der Waals surface area contributed by atoms with Gasteiger partial charge in [0.15, 0.2) is 0 Å². The Hall–Kier alpha value is -2.95. The van der Waals surface area contributed by atoms with Gasteiger partial charge in [-0.3, -0.25) is 14.4 Å². The van der Waals surface area contributed by atoms with Gasteiger partial charge in [0.2, 0.25) is 11.8 Å². The van der Waals surface area contributed by atoms with Gasteiger partial charge in [-0.15, -0.1) is 0 Å². The molecular weight excluding hydrogens is 594 g/mol. The number of likely N-dealkylation sites (tertiary alicyclic amines) is 2. The minimum absolute atomic E-state index is 0.0197. The predicted octanol–water partition coefficient (Wildman–Crippen LogP) is 5.63. The molecule has 0 radical (unpaired) electrons. The lowest BCUT2D eigenvalue weighted by atomic mass is 9.83. The number of nitrogens with zero attached hydrogens (tertiary/aromatic N) is 3. The number of piperidine rings is 2. The van der Waals surface area contributed by atoms with Crippen LogP contribution in [0.25, 0.3) is 0 Å². The Labute approximate surface area is 239 Å². The van der Waals surface area contributed by atoms with Crippen molar-refractivity contribution in [1.82, 2.24) is 14.7 Å². The summed E-state index contributed by atoms with van der Waals surface area (Å²) < 4.78 is 55.0. The number of hydrogen-bond acceptors (Lipinski definition) is 3. The van der Waals surface area contributed by atoms with Crippen molar-refractivity contribution in [1.29, 1.82) is 0 Å². The molecule has 216 valence electrons. The van der Waals surface area contributed by atoms with Crippen molar-refractivity contribution in [2.75, 3.05) is 33.2 Å². The second kappa shape index (κ2) is 11.9. The summed E-state index contributed by atoms with van der Waals surface area (Å²) in [7, 11) is 1.54. The lowest BCUT2D eigenvalue weighted by Gasteiger charge is -2.44. The fourth-order valence-electron chi connectivity index (χ4n) is 5.70. The van der Waals surface area contributed by atoms with Crippen LogP contribution in [0, 0.1) is 18.7 Å². The van der Waals surface area contributed by atoms with Gasteiger partial charge in [-0.05, 0) is 61.6 Å². The van der Waals surface area contributed by atoms with E-state index in [2.05, 4.69) is 15.9 Å². The van der Waals surface area contributed by atoms with Gasteiger partial charge in [0, 0.05) is 68.1 Å². The van der Waals surface area contributed by atoms with Crippen LogP contribution in [-0.4, -0.2) is 71.7 Å². The first kappa shape index (κ1) is 30.0. The minimum Gasteiger partial charge on any atom is -0.343 e. The van der Waals surface area contributed by atoms with E-state index in [0.29, 0.717) is 50.0 Å².